The molecule has 2 aromatic carbocycles. The number of amides is 1. The number of nitrogens with zero attached hydrogens (tertiary/aromatic N) is 1. The van der Waals surface area contributed by atoms with Crippen molar-refractivity contribution >= 4 is 5.91 Å². The van der Waals surface area contributed by atoms with Gasteiger partial charge in [-0.2, -0.15) is 0 Å². The molecular weight excluding hydrogens is 359 g/mol. The molecule has 2 heterocycles. The average molecular weight is 384 g/mol. The molecular formula is C22H25FN2O3. The van der Waals surface area contributed by atoms with Gasteiger partial charge in [0.05, 0.1) is 12.5 Å². The van der Waals surface area contributed by atoms with Crippen LogP contribution in [0.1, 0.15) is 18.4 Å². The van der Waals surface area contributed by atoms with Gasteiger partial charge in [-0.3, -0.25) is 9.69 Å². The summed E-state index contributed by atoms with van der Waals surface area (Å²) in [5.41, 5.74) is 1.06. The highest BCUT2D eigenvalue weighted by molar-refractivity contribution is 5.79. The van der Waals surface area contributed by atoms with Crippen molar-refractivity contribution in [1.82, 2.24) is 10.2 Å². The Labute approximate surface area is 164 Å². The van der Waals surface area contributed by atoms with Gasteiger partial charge in [0.25, 0.3) is 0 Å². The van der Waals surface area contributed by atoms with E-state index in [2.05, 4.69) is 10.2 Å². The number of hydrogen-bond acceptors (Lipinski definition) is 4. The van der Waals surface area contributed by atoms with Gasteiger partial charge in [0.2, 0.25) is 5.91 Å². The normalized spacial score (nSPS) is 21.9. The van der Waals surface area contributed by atoms with Gasteiger partial charge >= 0.3 is 0 Å². The topological polar surface area (TPSA) is 50.8 Å². The van der Waals surface area contributed by atoms with Crippen molar-refractivity contribution in [3.05, 3.63) is 59.9 Å². The van der Waals surface area contributed by atoms with Crippen LogP contribution in [-0.2, 0) is 11.3 Å². The minimum atomic E-state index is -0.226. The molecule has 148 valence electrons. The standard InChI is InChI=1S/C22H25FN2O3/c23-18-9-7-16(8-10-18)13-25-11-3-4-17(14-25)22(26)24-12-19-15-27-20-5-1-2-6-21(20)28-19/h1-2,5-10,17,19H,3-4,11-15H2,(H,24,26)/t17-,19-/m1/s1. The summed E-state index contributed by atoms with van der Waals surface area (Å²) in [6, 6.07) is 14.1. The highest BCUT2D eigenvalue weighted by Crippen LogP contribution is 2.30. The van der Waals surface area contributed by atoms with Crippen LogP contribution in [0.15, 0.2) is 48.5 Å². The Kier molecular flexibility index (Phi) is 5.76. The van der Waals surface area contributed by atoms with Crippen LogP contribution >= 0.6 is 0 Å². The average Bonchev–Trinajstić information content (AvgIpc) is 2.74. The Morgan fingerprint density at radius 3 is 2.75 bits per heavy atom. The lowest BCUT2D eigenvalue weighted by Gasteiger charge is -2.32. The van der Waals surface area contributed by atoms with Crippen molar-refractivity contribution in [2.75, 3.05) is 26.2 Å². The van der Waals surface area contributed by atoms with Gasteiger partial charge < -0.3 is 14.8 Å². The van der Waals surface area contributed by atoms with Gasteiger partial charge in [-0.25, -0.2) is 4.39 Å². The number of carbonyl (C=O) groups is 1. The van der Waals surface area contributed by atoms with Crippen molar-refractivity contribution in [3.63, 3.8) is 0 Å². The monoisotopic (exact) mass is 384 g/mol. The van der Waals surface area contributed by atoms with E-state index in [0.717, 1.165) is 43.0 Å². The lowest BCUT2D eigenvalue weighted by Crippen LogP contribution is -2.46. The van der Waals surface area contributed by atoms with E-state index in [1.165, 1.54) is 12.1 Å². The summed E-state index contributed by atoms with van der Waals surface area (Å²) in [5.74, 6) is 1.26. The molecule has 0 aliphatic carbocycles. The van der Waals surface area contributed by atoms with Gasteiger partial charge in [-0.05, 0) is 49.2 Å². The Bertz CT molecular complexity index is 812. The summed E-state index contributed by atoms with van der Waals surface area (Å²) in [5, 5.41) is 3.02. The summed E-state index contributed by atoms with van der Waals surface area (Å²) in [4.78, 5) is 14.9. The maximum atomic E-state index is 13.1. The lowest BCUT2D eigenvalue weighted by atomic mass is 9.96. The third-order valence-electron chi connectivity index (χ3n) is 5.27. The van der Waals surface area contributed by atoms with Crippen LogP contribution in [0.2, 0.25) is 0 Å². The first-order valence-corrected chi connectivity index (χ1v) is 9.80. The molecule has 2 aliphatic rings. The second-order valence-corrected chi connectivity index (χ2v) is 7.44. The number of piperidine rings is 1. The molecule has 0 saturated carbocycles. The quantitative estimate of drug-likeness (QED) is 0.861. The molecule has 4 rings (SSSR count). The fourth-order valence-electron chi connectivity index (χ4n) is 3.78. The molecule has 28 heavy (non-hydrogen) atoms. The van der Waals surface area contributed by atoms with Crippen molar-refractivity contribution in [2.45, 2.75) is 25.5 Å². The maximum Gasteiger partial charge on any atom is 0.224 e. The lowest BCUT2D eigenvalue weighted by molar-refractivity contribution is -0.127. The molecule has 1 N–H and O–H groups in total. The van der Waals surface area contributed by atoms with Crippen LogP contribution < -0.4 is 14.8 Å². The van der Waals surface area contributed by atoms with E-state index in [-0.39, 0.29) is 23.7 Å². The molecule has 0 spiro atoms. The second-order valence-electron chi connectivity index (χ2n) is 7.44. The van der Waals surface area contributed by atoms with Gasteiger partial charge in [0.15, 0.2) is 11.5 Å². The maximum absolute atomic E-state index is 13.1. The summed E-state index contributed by atoms with van der Waals surface area (Å²) < 4.78 is 24.7. The van der Waals surface area contributed by atoms with Crippen molar-refractivity contribution in [2.24, 2.45) is 5.92 Å². The van der Waals surface area contributed by atoms with Crippen LogP contribution in [0.5, 0.6) is 11.5 Å². The zero-order valence-electron chi connectivity index (χ0n) is 15.8. The third-order valence-corrected chi connectivity index (χ3v) is 5.27. The van der Waals surface area contributed by atoms with E-state index < -0.39 is 0 Å². The van der Waals surface area contributed by atoms with Crippen LogP contribution in [0.4, 0.5) is 4.39 Å². The largest absolute Gasteiger partial charge is 0.486 e. The van der Waals surface area contributed by atoms with Crippen LogP contribution in [0, 0.1) is 11.7 Å². The predicted octanol–water partition coefficient (Wildman–Crippen LogP) is 2.99. The SMILES string of the molecule is O=C(NC[C@@H]1COc2ccccc2O1)[C@@H]1CCCN(Cc2ccc(F)cc2)C1. The van der Waals surface area contributed by atoms with E-state index in [9.17, 15) is 9.18 Å². The number of benzene rings is 2. The number of halogens is 1. The fourth-order valence-corrected chi connectivity index (χ4v) is 3.78. The highest BCUT2D eigenvalue weighted by atomic mass is 19.1. The number of hydrogen-bond donors (Lipinski definition) is 1. The van der Waals surface area contributed by atoms with E-state index in [4.69, 9.17) is 9.47 Å². The molecule has 2 atom stereocenters. The molecule has 0 radical (unpaired) electrons. The minimum Gasteiger partial charge on any atom is -0.486 e. The number of carbonyl (C=O) groups excluding carboxylic acids is 1. The molecule has 1 saturated heterocycles. The molecule has 6 heteroatoms. The molecule has 2 aliphatic heterocycles. The summed E-state index contributed by atoms with van der Waals surface area (Å²) >= 11 is 0. The van der Waals surface area contributed by atoms with Crippen molar-refractivity contribution in [1.29, 1.82) is 0 Å². The molecule has 0 aromatic heterocycles. The predicted molar refractivity (Wildman–Crippen MR) is 104 cm³/mol. The van der Waals surface area contributed by atoms with E-state index in [1.807, 2.05) is 24.3 Å². The molecule has 5 nitrogen and oxygen atoms in total. The number of rotatable bonds is 5. The minimum absolute atomic E-state index is 0.0361. The fraction of sp³-hybridized carbons (Fsp3) is 0.409. The van der Waals surface area contributed by atoms with Gasteiger partial charge in [-0.1, -0.05) is 24.3 Å². The summed E-state index contributed by atoms with van der Waals surface area (Å²) in [7, 11) is 0. The number of ether oxygens (including phenoxy) is 2. The van der Waals surface area contributed by atoms with Crippen LogP contribution in [0.3, 0.4) is 0 Å². The van der Waals surface area contributed by atoms with Gasteiger partial charge in [0, 0.05) is 13.1 Å². The van der Waals surface area contributed by atoms with Gasteiger partial charge in [0.1, 0.15) is 18.5 Å². The van der Waals surface area contributed by atoms with E-state index in [1.54, 1.807) is 12.1 Å². The Balaban J connectivity index is 1.26. The molecule has 1 amide bonds. The Morgan fingerprint density at radius 2 is 1.93 bits per heavy atom. The van der Waals surface area contributed by atoms with Crippen LogP contribution in [-0.4, -0.2) is 43.2 Å². The third kappa shape index (κ3) is 4.62. The number of nitrogens with one attached hydrogen (secondary N) is 1. The first-order chi connectivity index (χ1) is 13.7. The van der Waals surface area contributed by atoms with Crippen molar-refractivity contribution in [3.8, 4) is 11.5 Å². The highest BCUT2D eigenvalue weighted by Gasteiger charge is 2.27. The van der Waals surface area contributed by atoms with Crippen molar-refractivity contribution < 1.29 is 18.7 Å². The molecule has 2 aromatic rings. The van der Waals surface area contributed by atoms with E-state index in [0.29, 0.717) is 19.7 Å². The first kappa shape index (κ1) is 18.7. The number of fused-ring (bicyclic) bond motifs is 1. The molecule has 0 unspecified atom stereocenters. The first-order valence-electron chi connectivity index (χ1n) is 9.80. The van der Waals surface area contributed by atoms with Crippen LogP contribution in [0.25, 0.3) is 0 Å². The Hall–Kier alpha value is -2.60. The van der Waals surface area contributed by atoms with E-state index >= 15 is 0 Å². The summed E-state index contributed by atoms with van der Waals surface area (Å²) in [6.07, 6.45) is 1.68. The Morgan fingerprint density at radius 1 is 1.14 bits per heavy atom. The zero-order chi connectivity index (χ0) is 19.3. The smallest absolute Gasteiger partial charge is 0.224 e. The zero-order valence-corrected chi connectivity index (χ0v) is 15.8. The van der Waals surface area contributed by atoms with Gasteiger partial charge in [-0.15, -0.1) is 0 Å². The molecule has 1 fully saturated rings. The number of para-hydroxylation sites is 2. The number of likely N-dealkylation sites (tertiary alicyclic amines) is 1. The second kappa shape index (κ2) is 8.61. The molecule has 0 bridgehead atoms. The summed E-state index contributed by atoms with van der Waals surface area (Å²) in [6.45, 7) is 3.27.